The average molecular weight is 248 g/mol. The first kappa shape index (κ1) is 13.4. The highest BCUT2D eigenvalue weighted by molar-refractivity contribution is 5.99. The Labute approximate surface area is 114 Å². The van der Waals surface area contributed by atoms with Crippen molar-refractivity contribution in [1.29, 1.82) is 0 Å². The molecule has 0 spiro atoms. The molecular formula is C19H20. The van der Waals surface area contributed by atoms with Gasteiger partial charge in [-0.2, -0.15) is 0 Å². The molecule has 0 unspecified atom stereocenters. The molecule has 0 bridgehead atoms. The summed E-state index contributed by atoms with van der Waals surface area (Å²) >= 11 is 0. The zero-order valence-corrected chi connectivity index (χ0v) is 12.0. The minimum Gasteiger partial charge on any atom is -0.0905 e. The summed E-state index contributed by atoms with van der Waals surface area (Å²) in [4.78, 5) is 0. The molecule has 0 aromatic heterocycles. The van der Waals surface area contributed by atoms with Gasteiger partial charge in [0.1, 0.15) is 0 Å². The third kappa shape index (κ3) is 2.15. The van der Waals surface area contributed by atoms with Gasteiger partial charge in [-0.25, -0.2) is 0 Å². The fourth-order valence-corrected chi connectivity index (χ4v) is 2.47. The van der Waals surface area contributed by atoms with E-state index in [2.05, 4.69) is 62.5 Å². The van der Waals surface area contributed by atoms with Crippen LogP contribution in [0.1, 0.15) is 19.4 Å². The molecule has 0 atom stereocenters. The Morgan fingerprint density at radius 1 is 0.684 bits per heavy atom. The molecule has 0 aliphatic rings. The molecule has 3 aromatic carbocycles. The van der Waals surface area contributed by atoms with E-state index < -0.39 is 0 Å². The second kappa shape index (κ2) is 5.27. The Morgan fingerprint density at radius 3 is 1.74 bits per heavy atom. The van der Waals surface area contributed by atoms with E-state index in [-0.39, 0.29) is 0 Å². The smallest absolute Gasteiger partial charge is 0.0102 e. The highest BCUT2D eigenvalue weighted by Gasteiger charge is 2.02. The molecule has 0 aliphatic heterocycles. The van der Waals surface area contributed by atoms with Gasteiger partial charge in [0, 0.05) is 0 Å². The van der Waals surface area contributed by atoms with E-state index in [4.69, 9.17) is 0 Å². The molecule has 0 heterocycles. The summed E-state index contributed by atoms with van der Waals surface area (Å²) in [6, 6.07) is 14.8. The maximum Gasteiger partial charge on any atom is -0.0102 e. The Hall–Kier alpha value is -2.08. The SMILES string of the molecule is C=c1c2ccccc2c(=C)c2cc(C)ccc12.CC. The lowest BCUT2D eigenvalue weighted by Gasteiger charge is -2.06. The van der Waals surface area contributed by atoms with Gasteiger partial charge in [-0.05, 0) is 38.9 Å². The zero-order chi connectivity index (χ0) is 14.0. The molecule has 0 heteroatoms. The lowest BCUT2D eigenvalue weighted by Crippen LogP contribution is -2.12. The fraction of sp³-hybridized carbons (Fsp3) is 0.158. The number of hydrogen-bond acceptors (Lipinski definition) is 0. The second-order valence-corrected chi connectivity index (χ2v) is 4.55. The highest BCUT2D eigenvalue weighted by atomic mass is 14.1. The quantitative estimate of drug-likeness (QED) is 0.524. The minimum absolute atomic E-state index is 1.10. The molecule has 0 radical (unpaired) electrons. The zero-order valence-electron chi connectivity index (χ0n) is 12.0. The van der Waals surface area contributed by atoms with Crippen LogP contribution in [0.15, 0.2) is 42.5 Å². The number of hydrogen-bond donors (Lipinski definition) is 0. The number of benzene rings is 3. The summed E-state index contributed by atoms with van der Waals surface area (Å²) in [6.07, 6.45) is 0. The van der Waals surface area contributed by atoms with Gasteiger partial charge in [0.05, 0.1) is 0 Å². The van der Waals surface area contributed by atoms with Crippen molar-refractivity contribution in [2.24, 2.45) is 0 Å². The van der Waals surface area contributed by atoms with Crippen LogP contribution in [-0.4, -0.2) is 0 Å². The predicted octanol–water partition coefficient (Wildman–Crippen LogP) is 4.15. The average Bonchev–Trinajstić information content (AvgIpc) is 2.47. The molecule has 0 nitrogen and oxygen atoms in total. The van der Waals surface area contributed by atoms with Gasteiger partial charge in [0.25, 0.3) is 0 Å². The summed E-state index contributed by atoms with van der Waals surface area (Å²) in [6.45, 7) is 14.6. The van der Waals surface area contributed by atoms with Crippen molar-refractivity contribution in [2.45, 2.75) is 20.8 Å². The van der Waals surface area contributed by atoms with Gasteiger partial charge in [-0.3, -0.25) is 0 Å². The molecule has 3 rings (SSSR count). The molecule has 0 saturated carbocycles. The van der Waals surface area contributed by atoms with Gasteiger partial charge in [0.15, 0.2) is 0 Å². The van der Waals surface area contributed by atoms with Crippen LogP contribution < -0.4 is 10.4 Å². The number of rotatable bonds is 0. The van der Waals surface area contributed by atoms with Crippen LogP contribution in [0, 0.1) is 6.92 Å². The topological polar surface area (TPSA) is 0 Å². The van der Waals surface area contributed by atoms with Crippen molar-refractivity contribution >= 4 is 34.7 Å². The van der Waals surface area contributed by atoms with Gasteiger partial charge >= 0.3 is 0 Å². The molecule has 96 valence electrons. The Morgan fingerprint density at radius 2 is 1.16 bits per heavy atom. The minimum atomic E-state index is 1.10. The van der Waals surface area contributed by atoms with Crippen molar-refractivity contribution in [2.75, 3.05) is 0 Å². The van der Waals surface area contributed by atoms with E-state index >= 15 is 0 Å². The van der Waals surface area contributed by atoms with E-state index in [1.165, 1.54) is 27.1 Å². The van der Waals surface area contributed by atoms with Crippen LogP contribution in [0.2, 0.25) is 0 Å². The predicted molar refractivity (Wildman–Crippen MR) is 87.8 cm³/mol. The summed E-state index contributed by atoms with van der Waals surface area (Å²) in [5.41, 5.74) is 1.26. The van der Waals surface area contributed by atoms with Crippen LogP contribution in [0.3, 0.4) is 0 Å². The van der Waals surface area contributed by atoms with Crippen LogP contribution in [0.5, 0.6) is 0 Å². The normalized spacial score (nSPS) is 10.3. The van der Waals surface area contributed by atoms with Crippen molar-refractivity contribution in [3.05, 3.63) is 58.5 Å². The largest absolute Gasteiger partial charge is 0.0905 e. The van der Waals surface area contributed by atoms with Crippen LogP contribution in [0.25, 0.3) is 34.7 Å². The third-order valence-electron chi connectivity index (χ3n) is 3.40. The Bertz CT molecular complexity index is 826. The lowest BCUT2D eigenvalue weighted by molar-refractivity contribution is 1.50. The first-order valence-corrected chi connectivity index (χ1v) is 6.77. The molecule has 19 heavy (non-hydrogen) atoms. The lowest BCUT2D eigenvalue weighted by atomic mass is 9.98. The molecular weight excluding hydrogens is 228 g/mol. The Balaban J connectivity index is 0.000000637. The van der Waals surface area contributed by atoms with Crippen molar-refractivity contribution < 1.29 is 0 Å². The van der Waals surface area contributed by atoms with E-state index in [0.717, 1.165) is 10.4 Å². The van der Waals surface area contributed by atoms with E-state index in [9.17, 15) is 0 Å². The van der Waals surface area contributed by atoms with Crippen LogP contribution in [0.4, 0.5) is 0 Å². The molecule has 3 aromatic rings. The van der Waals surface area contributed by atoms with Crippen molar-refractivity contribution in [1.82, 2.24) is 0 Å². The van der Waals surface area contributed by atoms with E-state index in [0.29, 0.717) is 0 Å². The monoisotopic (exact) mass is 248 g/mol. The molecule has 0 N–H and O–H groups in total. The standard InChI is InChI=1S/C17H14.C2H6/c1-11-8-9-16-12(2)14-6-4-5-7-15(14)13(3)17(16)10-11;1-2/h4-10H,2-3H2,1H3;1-2H3. The Kier molecular flexibility index (Phi) is 3.71. The fourth-order valence-electron chi connectivity index (χ4n) is 2.47. The van der Waals surface area contributed by atoms with Crippen molar-refractivity contribution in [3.8, 4) is 0 Å². The first-order chi connectivity index (χ1) is 9.18. The number of fused-ring (bicyclic) bond motifs is 2. The van der Waals surface area contributed by atoms with Gasteiger partial charge in [-0.15, -0.1) is 0 Å². The second-order valence-electron chi connectivity index (χ2n) is 4.55. The molecule has 0 amide bonds. The summed E-state index contributed by atoms with van der Waals surface area (Å²) < 4.78 is 0. The highest BCUT2D eigenvalue weighted by Crippen LogP contribution is 2.14. The van der Waals surface area contributed by atoms with E-state index in [1.54, 1.807) is 0 Å². The summed E-state index contributed by atoms with van der Waals surface area (Å²) in [5, 5.41) is 7.03. The van der Waals surface area contributed by atoms with Crippen LogP contribution >= 0.6 is 0 Å². The maximum absolute atomic E-state index is 4.23. The first-order valence-electron chi connectivity index (χ1n) is 6.77. The van der Waals surface area contributed by atoms with Gasteiger partial charge < -0.3 is 0 Å². The summed E-state index contributed by atoms with van der Waals surface area (Å²) in [5.74, 6) is 0. The third-order valence-corrected chi connectivity index (χ3v) is 3.40. The van der Waals surface area contributed by atoms with Crippen molar-refractivity contribution in [3.63, 3.8) is 0 Å². The maximum atomic E-state index is 4.23. The molecule has 0 aliphatic carbocycles. The van der Waals surface area contributed by atoms with Gasteiger partial charge in [0.2, 0.25) is 0 Å². The van der Waals surface area contributed by atoms with E-state index in [1.807, 2.05) is 13.8 Å². The number of aryl methyl sites for hydroxylation is 1. The molecule has 0 saturated heterocycles. The van der Waals surface area contributed by atoms with Crippen LogP contribution in [-0.2, 0) is 0 Å². The van der Waals surface area contributed by atoms with Gasteiger partial charge in [-0.1, -0.05) is 75.0 Å². The summed E-state index contributed by atoms with van der Waals surface area (Å²) in [7, 11) is 0. The molecule has 0 fully saturated rings.